The van der Waals surface area contributed by atoms with Gasteiger partial charge < -0.3 is 10.3 Å². The number of hydrogen-bond acceptors (Lipinski definition) is 3. The van der Waals surface area contributed by atoms with Gasteiger partial charge in [0.05, 0.1) is 23.1 Å². The van der Waals surface area contributed by atoms with Crippen molar-refractivity contribution in [2.75, 3.05) is 5.32 Å². The summed E-state index contributed by atoms with van der Waals surface area (Å²) in [4.78, 5) is 20.1. The van der Waals surface area contributed by atoms with Crippen LogP contribution >= 0.6 is 0 Å². The minimum absolute atomic E-state index is 0.0249. The molecule has 0 aliphatic rings. The molecular weight excluding hydrogens is 489 g/mol. The average Bonchev–Trinajstić information content (AvgIpc) is 3.51. The number of fused-ring (bicyclic) bond motifs is 2. The summed E-state index contributed by atoms with van der Waals surface area (Å²) >= 11 is 0. The van der Waals surface area contributed by atoms with Crippen LogP contribution in [0.4, 0.5) is 10.1 Å². The second kappa shape index (κ2) is 9.83. The van der Waals surface area contributed by atoms with Crippen molar-refractivity contribution in [1.82, 2.24) is 20.2 Å². The second-order valence-electron chi connectivity index (χ2n) is 10.4. The van der Waals surface area contributed by atoms with Crippen molar-refractivity contribution >= 4 is 33.4 Å². The van der Waals surface area contributed by atoms with Gasteiger partial charge in [-0.25, -0.2) is 4.39 Å². The molecule has 0 unspecified atom stereocenters. The molecule has 6 rings (SSSR count). The predicted octanol–water partition coefficient (Wildman–Crippen LogP) is 7.87. The average molecular weight is 518 g/mol. The number of anilines is 1. The number of pyridine rings is 1. The van der Waals surface area contributed by atoms with Gasteiger partial charge in [-0.3, -0.25) is 14.9 Å². The van der Waals surface area contributed by atoms with Crippen LogP contribution in [0.2, 0.25) is 0 Å². The number of aryl methyl sites for hydroxylation is 1. The fourth-order valence-electron chi connectivity index (χ4n) is 5.07. The summed E-state index contributed by atoms with van der Waals surface area (Å²) in [6.07, 6.45) is 3.90. The number of H-pyrrole nitrogens is 2. The van der Waals surface area contributed by atoms with E-state index in [1.54, 1.807) is 18.5 Å². The molecule has 0 aliphatic carbocycles. The van der Waals surface area contributed by atoms with Gasteiger partial charge in [0.25, 0.3) is 0 Å². The highest BCUT2D eigenvalue weighted by atomic mass is 19.1. The first-order valence-electron chi connectivity index (χ1n) is 13.0. The third kappa shape index (κ3) is 4.91. The summed E-state index contributed by atoms with van der Waals surface area (Å²) in [6.45, 7) is 5.93. The Bertz CT molecular complexity index is 1830. The summed E-state index contributed by atoms with van der Waals surface area (Å²) in [6, 6.07) is 21.2. The summed E-state index contributed by atoms with van der Waals surface area (Å²) in [5.74, 6) is 0.00601. The van der Waals surface area contributed by atoms with Gasteiger partial charge in [-0.15, -0.1) is 0 Å². The van der Waals surface area contributed by atoms with Gasteiger partial charge >= 0.3 is 0 Å². The van der Waals surface area contributed by atoms with Crippen LogP contribution < -0.4 is 5.32 Å². The molecule has 6 aromatic rings. The van der Waals surface area contributed by atoms with E-state index < -0.39 is 0 Å². The van der Waals surface area contributed by atoms with E-state index in [-0.39, 0.29) is 17.6 Å². The maximum absolute atomic E-state index is 14.2. The van der Waals surface area contributed by atoms with Gasteiger partial charge in [-0.2, -0.15) is 5.10 Å². The third-order valence-corrected chi connectivity index (χ3v) is 6.78. The van der Waals surface area contributed by atoms with Crippen LogP contribution in [0.25, 0.3) is 55.4 Å². The standard InChI is InChI=1S/C32H28FN5O/c1-18(2)9-31(39)35-24-13-22(16-34-17-24)20-7-8-29-27(14-20)32(38-37-29)30-15-26-25(5-4-6-28(26)36-30)21-10-19(3)11-23(33)12-21/h4-8,10-18,36H,9H2,1-3H3,(H,35,39)(H,37,38). The fourth-order valence-corrected chi connectivity index (χ4v) is 5.07. The molecule has 39 heavy (non-hydrogen) atoms. The molecule has 0 bridgehead atoms. The summed E-state index contributed by atoms with van der Waals surface area (Å²) in [5.41, 5.74) is 8.71. The molecule has 0 aliphatic heterocycles. The first-order chi connectivity index (χ1) is 18.8. The van der Waals surface area contributed by atoms with E-state index in [0.29, 0.717) is 12.1 Å². The molecule has 3 aromatic heterocycles. The monoisotopic (exact) mass is 517 g/mol. The van der Waals surface area contributed by atoms with Gasteiger partial charge in [0.1, 0.15) is 11.5 Å². The number of aromatic amines is 2. The highest BCUT2D eigenvalue weighted by Gasteiger charge is 2.15. The number of benzene rings is 3. The maximum atomic E-state index is 14.2. The second-order valence-corrected chi connectivity index (χ2v) is 10.4. The number of nitrogens with zero attached hydrogens (tertiary/aromatic N) is 2. The Hall–Kier alpha value is -4.78. The van der Waals surface area contributed by atoms with Crippen LogP contribution in [0.5, 0.6) is 0 Å². The molecule has 0 fully saturated rings. The molecular formula is C32H28FN5O. The van der Waals surface area contributed by atoms with Crippen LogP contribution in [-0.2, 0) is 4.79 Å². The minimum atomic E-state index is -0.248. The summed E-state index contributed by atoms with van der Waals surface area (Å²) in [7, 11) is 0. The highest BCUT2D eigenvalue weighted by Crippen LogP contribution is 2.36. The molecule has 3 aromatic carbocycles. The lowest BCUT2D eigenvalue weighted by molar-refractivity contribution is -0.116. The minimum Gasteiger partial charge on any atom is -0.353 e. The lowest BCUT2D eigenvalue weighted by Crippen LogP contribution is -2.13. The highest BCUT2D eigenvalue weighted by molar-refractivity contribution is 6.02. The molecule has 6 nitrogen and oxygen atoms in total. The molecule has 0 saturated carbocycles. The van der Waals surface area contributed by atoms with Gasteiger partial charge in [0.2, 0.25) is 5.91 Å². The zero-order valence-corrected chi connectivity index (χ0v) is 22.0. The lowest BCUT2D eigenvalue weighted by atomic mass is 9.99. The van der Waals surface area contributed by atoms with E-state index in [1.807, 2.05) is 63.2 Å². The van der Waals surface area contributed by atoms with Crippen LogP contribution in [0, 0.1) is 18.7 Å². The maximum Gasteiger partial charge on any atom is 0.224 e. The largest absolute Gasteiger partial charge is 0.353 e. The van der Waals surface area contributed by atoms with E-state index in [9.17, 15) is 9.18 Å². The van der Waals surface area contributed by atoms with Crippen molar-refractivity contribution < 1.29 is 9.18 Å². The Morgan fingerprint density at radius 2 is 1.79 bits per heavy atom. The predicted molar refractivity (Wildman–Crippen MR) is 155 cm³/mol. The van der Waals surface area contributed by atoms with E-state index in [0.717, 1.165) is 61.0 Å². The Kier molecular flexibility index (Phi) is 6.19. The molecule has 7 heteroatoms. The Labute approximate surface area is 225 Å². The number of rotatable bonds is 6. The number of carbonyl (C=O) groups excluding carboxylic acids is 1. The first-order valence-corrected chi connectivity index (χ1v) is 13.0. The van der Waals surface area contributed by atoms with Crippen LogP contribution in [0.3, 0.4) is 0 Å². The quantitative estimate of drug-likeness (QED) is 0.210. The number of nitrogens with one attached hydrogen (secondary N) is 3. The summed E-state index contributed by atoms with van der Waals surface area (Å²) < 4.78 is 14.2. The molecule has 0 spiro atoms. The lowest BCUT2D eigenvalue weighted by Gasteiger charge is -2.09. The molecule has 0 atom stereocenters. The van der Waals surface area contributed by atoms with Crippen molar-refractivity contribution in [3.8, 4) is 33.6 Å². The topological polar surface area (TPSA) is 86.5 Å². The number of hydrogen-bond donors (Lipinski definition) is 3. The van der Waals surface area contributed by atoms with Crippen molar-refractivity contribution in [3.05, 3.63) is 90.5 Å². The molecule has 3 heterocycles. The van der Waals surface area contributed by atoms with Gasteiger partial charge in [-0.05, 0) is 77.6 Å². The fraction of sp³-hybridized carbons (Fsp3) is 0.156. The smallest absolute Gasteiger partial charge is 0.224 e. The summed E-state index contributed by atoms with van der Waals surface area (Å²) in [5, 5.41) is 12.7. The van der Waals surface area contributed by atoms with E-state index in [4.69, 9.17) is 0 Å². The molecule has 3 N–H and O–H groups in total. The van der Waals surface area contributed by atoms with Gasteiger partial charge in [-0.1, -0.05) is 38.1 Å². The Morgan fingerprint density at radius 3 is 2.62 bits per heavy atom. The SMILES string of the molecule is Cc1cc(F)cc(-c2cccc3[nH]c(-c4n[nH]c5ccc(-c6cncc(NC(=O)CC(C)C)c6)cc45)cc23)c1. The molecule has 194 valence electrons. The number of aromatic nitrogens is 4. The Balaban J connectivity index is 1.39. The van der Waals surface area contributed by atoms with Crippen molar-refractivity contribution in [2.24, 2.45) is 5.92 Å². The molecule has 0 saturated heterocycles. The molecule has 1 amide bonds. The van der Waals surface area contributed by atoms with Crippen molar-refractivity contribution in [2.45, 2.75) is 27.2 Å². The number of carbonyl (C=O) groups is 1. The van der Waals surface area contributed by atoms with Gasteiger partial charge in [0.15, 0.2) is 0 Å². The van der Waals surface area contributed by atoms with Crippen LogP contribution in [0.15, 0.2) is 79.1 Å². The van der Waals surface area contributed by atoms with Crippen LogP contribution in [-0.4, -0.2) is 26.1 Å². The van der Waals surface area contributed by atoms with Crippen molar-refractivity contribution in [1.29, 1.82) is 0 Å². The van der Waals surface area contributed by atoms with Crippen LogP contribution in [0.1, 0.15) is 25.8 Å². The molecule has 0 radical (unpaired) electrons. The van der Waals surface area contributed by atoms with Crippen molar-refractivity contribution in [3.63, 3.8) is 0 Å². The zero-order chi connectivity index (χ0) is 27.1. The number of halogens is 1. The first kappa shape index (κ1) is 24.6. The third-order valence-electron chi connectivity index (χ3n) is 6.78. The van der Waals surface area contributed by atoms with E-state index >= 15 is 0 Å². The zero-order valence-electron chi connectivity index (χ0n) is 22.0. The van der Waals surface area contributed by atoms with E-state index in [2.05, 4.69) is 37.6 Å². The van der Waals surface area contributed by atoms with E-state index in [1.165, 1.54) is 6.07 Å². The van der Waals surface area contributed by atoms with Gasteiger partial charge in [0, 0.05) is 34.5 Å². The number of amides is 1. The Morgan fingerprint density at radius 1 is 0.923 bits per heavy atom. The normalized spacial score (nSPS) is 11.5.